The summed E-state index contributed by atoms with van der Waals surface area (Å²) >= 11 is 0. The number of hydrogen-bond donors (Lipinski definition) is 2. The molecule has 4 rings (SSSR count). The average molecular weight is 403 g/mol. The Morgan fingerprint density at radius 3 is 2.24 bits per heavy atom. The Labute approximate surface area is 169 Å². The monoisotopic (exact) mass is 403 g/mol. The van der Waals surface area contributed by atoms with Gasteiger partial charge in [-0.1, -0.05) is 0 Å². The molecule has 3 fully saturated rings. The minimum absolute atomic E-state index is 0.0403. The van der Waals surface area contributed by atoms with Crippen molar-refractivity contribution >= 4 is 23.5 Å². The van der Waals surface area contributed by atoms with Gasteiger partial charge in [-0.3, -0.25) is 9.59 Å². The van der Waals surface area contributed by atoms with Crippen LogP contribution in [0.25, 0.3) is 0 Å². The lowest BCUT2D eigenvalue weighted by Gasteiger charge is -2.41. The molecule has 29 heavy (non-hydrogen) atoms. The van der Waals surface area contributed by atoms with E-state index in [-0.39, 0.29) is 29.6 Å². The van der Waals surface area contributed by atoms with Gasteiger partial charge in [0.25, 0.3) is 0 Å². The fourth-order valence-corrected chi connectivity index (χ4v) is 4.37. The molecule has 1 spiro atoms. The molecule has 1 aromatic rings. The standard InChI is InChI=1S/C20H26FN5O3/c1-14(27)24-10-6-15(7-11-24)18(28)25-12-8-20(9-13-25)22-19(29)26(23-20)17-4-2-16(21)3-5-17/h2-5,15,23H,6-13H2,1H3,(H,22,29). The van der Waals surface area contributed by atoms with Crippen LogP contribution in [-0.4, -0.2) is 59.5 Å². The molecule has 156 valence electrons. The number of carbonyl (C=O) groups excluding carboxylic acids is 3. The summed E-state index contributed by atoms with van der Waals surface area (Å²) < 4.78 is 13.2. The first-order valence-corrected chi connectivity index (χ1v) is 10.1. The van der Waals surface area contributed by atoms with Gasteiger partial charge in [-0.2, -0.15) is 0 Å². The van der Waals surface area contributed by atoms with E-state index in [4.69, 9.17) is 0 Å². The summed E-state index contributed by atoms with van der Waals surface area (Å²) in [4.78, 5) is 40.4. The Kier molecular flexibility index (Phi) is 5.16. The lowest BCUT2D eigenvalue weighted by molar-refractivity contribution is -0.141. The van der Waals surface area contributed by atoms with Gasteiger partial charge in [0.1, 0.15) is 11.5 Å². The predicted octanol–water partition coefficient (Wildman–Crippen LogP) is 1.44. The van der Waals surface area contributed by atoms with Gasteiger partial charge in [0, 0.05) is 51.9 Å². The van der Waals surface area contributed by atoms with Crippen LogP contribution in [-0.2, 0) is 9.59 Å². The van der Waals surface area contributed by atoms with Gasteiger partial charge < -0.3 is 15.1 Å². The van der Waals surface area contributed by atoms with Gasteiger partial charge in [-0.15, -0.1) is 0 Å². The summed E-state index contributed by atoms with van der Waals surface area (Å²) in [5.74, 6) is -0.196. The zero-order valence-electron chi connectivity index (χ0n) is 16.5. The molecule has 3 heterocycles. The van der Waals surface area contributed by atoms with E-state index in [1.807, 2.05) is 4.90 Å². The molecule has 0 unspecified atom stereocenters. The molecule has 0 radical (unpaired) electrons. The summed E-state index contributed by atoms with van der Waals surface area (Å²) in [6.07, 6.45) is 2.59. The van der Waals surface area contributed by atoms with Gasteiger partial charge in [-0.05, 0) is 37.1 Å². The number of hydrazine groups is 1. The van der Waals surface area contributed by atoms with E-state index in [1.165, 1.54) is 17.1 Å². The van der Waals surface area contributed by atoms with Gasteiger partial charge >= 0.3 is 6.03 Å². The van der Waals surface area contributed by atoms with Crippen molar-refractivity contribution in [3.8, 4) is 0 Å². The summed E-state index contributed by atoms with van der Waals surface area (Å²) in [6, 6.07) is 5.44. The normalized spacial score (nSPS) is 22.1. The average Bonchev–Trinajstić information content (AvgIpc) is 3.04. The van der Waals surface area contributed by atoms with Crippen molar-refractivity contribution in [2.45, 2.75) is 38.3 Å². The van der Waals surface area contributed by atoms with Crippen LogP contribution in [0.15, 0.2) is 24.3 Å². The molecule has 3 aliphatic rings. The summed E-state index contributed by atoms with van der Waals surface area (Å²) in [7, 11) is 0. The zero-order valence-corrected chi connectivity index (χ0v) is 16.5. The lowest BCUT2D eigenvalue weighted by Crippen LogP contribution is -2.59. The van der Waals surface area contributed by atoms with Crippen molar-refractivity contribution in [3.05, 3.63) is 30.1 Å². The third-order valence-corrected chi connectivity index (χ3v) is 6.18. The van der Waals surface area contributed by atoms with E-state index < -0.39 is 5.66 Å². The predicted molar refractivity (Wildman–Crippen MR) is 104 cm³/mol. The maximum absolute atomic E-state index is 13.2. The molecule has 0 aromatic heterocycles. The number of carbonyl (C=O) groups is 3. The molecule has 0 bridgehead atoms. The van der Waals surface area contributed by atoms with E-state index in [0.29, 0.717) is 57.5 Å². The number of amides is 4. The quantitative estimate of drug-likeness (QED) is 0.783. The Morgan fingerprint density at radius 2 is 1.66 bits per heavy atom. The van der Waals surface area contributed by atoms with Crippen LogP contribution >= 0.6 is 0 Å². The molecule has 9 heteroatoms. The minimum Gasteiger partial charge on any atom is -0.343 e. The molecule has 2 N–H and O–H groups in total. The van der Waals surface area contributed by atoms with Crippen molar-refractivity contribution in [2.75, 3.05) is 31.2 Å². The lowest BCUT2D eigenvalue weighted by atomic mass is 9.92. The van der Waals surface area contributed by atoms with Crippen LogP contribution in [0.4, 0.5) is 14.9 Å². The van der Waals surface area contributed by atoms with Crippen LogP contribution in [0, 0.1) is 11.7 Å². The summed E-state index contributed by atoms with van der Waals surface area (Å²) in [5, 5.41) is 4.39. The molecule has 0 atom stereocenters. The van der Waals surface area contributed by atoms with Gasteiger partial charge in [-0.25, -0.2) is 19.6 Å². The number of benzene rings is 1. The minimum atomic E-state index is -0.597. The first kappa shape index (κ1) is 19.6. The van der Waals surface area contributed by atoms with Crippen molar-refractivity contribution < 1.29 is 18.8 Å². The number of likely N-dealkylation sites (tertiary alicyclic amines) is 2. The maximum atomic E-state index is 13.2. The maximum Gasteiger partial charge on any atom is 0.338 e. The highest BCUT2D eigenvalue weighted by atomic mass is 19.1. The smallest absolute Gasteiger partial charge is 0.338 e. The van der Waals surface area contributed by atoms with E-state index in [1.54, 1.807) is 24.0 Å². The number of rotatable bonds is 2. The Bertz CT molecular complexity index is 799. The second-order valence-electron chi connectivity index (χ2n) is 8.04. The van der Waals surface area contributed by atoms with Crippen LogP contribution < -0.4 is 15.8 Å². The van der Waals surface area contributed by atoms with Crippen molar-refractivity contribution in [3.63, 3.8) is 0 Å². The number of piperidine rings is 2. The highest BCUT2D eigenvalue weighted by Crippen LogP contribution is 2.29. The van der Waals surface area contributed by atoms with Crippen molar-refractivity contribution in [1.29, 1.82) is 0 Å². The number of halogens is 1. The van der Waals surface area contributed by atoms with E-state index in [9.17, 15) is 18.8 Å². The first-order chi connectivity index (χ1) is 13.9. The first-order valence-electron chi connectivity index (χ1n) is 10.1. The van der Waals surface area contributed by atoms with E-state index >= 15 is 0 Å². The van der Waals surface area contributed by atoms with Crippen LogP contribution in [0.3, 0.4) is 0 Å². The number of urea groups is 1. The van der Waals surface area contributed by atoms with Gasteiger partial charge in [0.2, 0.25) is 11.8 Å². The third kappa shape index (κ3) is 3.91. The third-order valence-electron chi connectivity index (χ3n) is 6.18. The molecule has 3 aliphatic heterocycles. The Hall–Kier alpha value is -2.68. The zero-order chi connectivity index (χ0) is 20.6. The fourth-order valence-electron chi connectivity index (χ4n) is 4.37. The van der Waals surface area contributed by atoms with Crippen LogP contribution in [0.2, 0.25) is 0 Å². The Balaban J connectivity index is 1.33. The largest absolute Gasteiger partial charge is 0.343 e. The molecule has 0 saturated carbocycles. The SMILES string of the molecule is CC(=O)N1CCC(C(=O)N2CCC3(CC2)NC(=O)N(c2ccc(F)cc2)N3)CC1. The highest BCUT2D eigenvalue weighted by Gasteiger charge is 2.46. The molecular weight excluding hydrogens is 377 g/mol. The molecule has 8 nitrogen and oxygen atoms in total. The molecule has 4 amide bonds. The van der Waals surface area contributed by atoms with Crippen molar-refractivity contribution in [2.24, 2.45) is 5.92 Å². The molecule has 1 aromatic carbocycles. The van der Waals surface area contributed by atoms with Gasteiger partial charge in [0.05, 0.1) is 5.69 Å². The summed E-state index contributed by atoms with van der Waals surface area (Å²) in [5.41, 5.74) is 3.19. The topological polar surface area (TPSA) is 85.0 Å². The number of hydrogen-bond acceptors (Lipinski definition) is 4. The van der Waals surface area contributed by atoms with E-state index in [0.717, 1.165) is 0 Å². The molecule has 3 saturated heterocycles. The number of anilines is 1. The second kappa shape index (κ2) is 7.62. The number of nitrogens with zero attached hydrogens (tertiary/aromatic N) is 3. The van der Waals surface area contributed by atoms with Crippen molar-refractivity contribution in [1.82, 2.24) is 20.5 Å². The Morgan fingerprint density at radius 1 is 1.03 bits per heavy atom. The van der Waals surface area contributed by atoms with Crippen LogP contribution in [0.1, 0.15) is 32.6 Å². The molecule has 0 aliphatic carbocycles. The van der Waals surface area contributed by atoms with Gasteiger partial charge in [0.15, 0.2) is 0 Å². The fraction of sp³-hybridized carbons (Fsp3) is 0.550. The highest BCUT2D eigenvalue weighted by molar-refractivity contribution is 5.93. The second-order valence-corrected chi connectivity index (χ2v) is 8.04. The molecular formula is C20H26FN5O3. The summed E-state index contributed by atoms with van der Waals surface area (Å²) in [6.45, 7) is 3.93. The number of nitrogens with one attached hydrogen (secondary N) is 2. The van der Waals surface area contributed by atoms with E-state index in [2.05, 4.69) is 10.7 Å². The van der Waals surface area contributed by atoms with Crippen LogP contribution in [0.5, 0.6) is 0 Å².